The van der Waals surface area contributed by atoms with Gasteiger partial charge in [0.2, 0.25) is 5.91 Å². The largest absolute Gasteiger partial charge is 0.497 e. The Hall–Kier alpha value is -2.01. The number of nitrogens with one attached hydrogen (secondary N) is 1. The molecule has 20 heavy (non-hydrogen) atoms. The van der Waals surface area contributed by atoms with Crippen molar-refractivity contribution in [2.24, 2.45) is 0 Å². The molecule has 5 nitrogen and oxygen atoms in total. The van der Waals surface area contributed by atoms with E-state index < -0.39 is 0 Å². The van der Waals surface area contributed by atoms with Gasteiger partial charge >= 0.3 is 0 Å². The Kier molecular flexibility index (Phi) is 6.06. The summed E-state index contributed by atoms with van der Waals surface area (Å²) in [4.78, 5) is 15.7. The molecule has 0 aliphatic heterocycles. The van der Waals surface area contributed by atoms with Gasteiger partial charge in [0.05, 0.1) is 18.5 Å². The number of amides is 1. The third-order valence-corrected chi connectivity index (χ3v) is 2.94. The van der Waals surface area contributed by atoms with Crippen LogP contribution in [0.5, 0.6) is 5.75 Å². The van der Waals surface area contributed by atoms with Crippen LogP contribution in [0, 0.1) is 0 Å². The van der Waals surface area contributed by atoms with Gasteiger partial charge in [-0.1, -0.05) is 6.58 Å². The molecule has 0 fully saturated rings. The second-order valence-corrected chi connectivity index (χ2v) is 4.80. The zero-order valence-corrected chi connectivity index (χ0v) is 12.6. The van der Waals surface area contributed by atoms with E-state index in [1.165, 1.54) is 6.08 Å². The van der Waals surface area contributed by atoms with Crippen molar-refractivity contribution in [3.63, 3.8) is 0 Å². The van der Waals surface area contributed by atoms with E-state index in [1.54, 1.807) is 7.11 Å². The number of carbonyl (C=O) groups is 1. The summed E-state index contributed by atoms with van der Waals surface area (Å²) in [5.41, 5.74) is 1.67. The van der Waals surface area contributed by atoms with Gasteiger partial charge in [-0.15, -0.1) is 0 Å². The maximum absolute atomic E-state index is 11.5. The topological polar surface area (TPSA) is 44.8 Å². The third-order valence-electron chi connectivity index (χ3n) is 2.94. The van der Waals surface area contributed by atoms with Crippen molar-refractivity contribution in [1.82, 2.24) is 4.90 Å². The Bertz CT molecular complexity index is 472. The molecule has 110 valence electrons. The molecule has 1 N–H and O–H groups in total. The fourth-order valence-corrected chi connectivity index (χ4v) is 1.71. The molecule has 0 saturated carbocycles. The van der Waals surface area contributed by atoms with Crippen LogP contribution in [0.25, 0.3) is 0 Å². The number of hydrogen-bond donors (Lipinski definition) is 1. The lowest BCUT2D eigenvalue weighted by Crippen LogP contribution is -2.29. The molecule has 0 spiro atoms. The van der Waals surface area contributed by atoms with Crippen molar-refractivity contribution in [1.29, 1.82) is 0 Å². The fraction of sp³-hybridized carbons (Fsp3) is 0.400. The molecule has 0 aromatic heterocycles. The van der Waals surface area contributed by atoms with Crippen LogP contribution < -0.4 is 15.0 Å². The highest BCUT2D eigenvalue weighted by molar-refractivity contribution is 6.01. The van der Waals surface area contributed by atoms with Crippen molar-refractivity contribution in [3.05, 3.63) is 30.9 Å². The van der Waals surface area contributed by atoms with Gasteiger partial charge in [-0.3, -0.25) is 4.79 Å². The Morgan fingerprint density at radius 3 is 2.60 bits per heavy atom. The molecular formula is C15H23N3O2. The second kappa shape index (κ2) is 7.55. The first-order valence-corrected chi connectivity index (χ1v) is 6.45. The first-order chi connectivity index (χ1) is 9.47. The van der Waals surface area contributed by atoms with Gasteiger partial charge in [0.1, 0.15) is 5.75 Å². The number of methoxy groups -OCH3 is 1. The number of likely N-dealkylation sites (N-methyl/N-ethyl adjacent to an activating group) is 2. The van der Waals surface area contributed by atoms with Crippen LogP contribution in [0.2, 0.25) is 0 Å². The molecule has 0 heterocycles. The number of anilines is 2. The molecule has 5 heteroatoms. The number of nitrogens with zero attached hydrogens (tertiary/aromatic N) is 2. The van der Waals surface area contributed by atoms with Crippen molar-refractivity contribution in [3.8, 4) is 5.75 Å². The van der Waals surface area contributed by atoms with Gasteiger partial charge in [-0.25, -0.2) is 0 Å². The summed E-state index contributed by atoms with van der Waals surface area (Å²) in [6.45, 7) is 5.23. The summed E-state index contributed by atoms with van der Waals surface area (Å²) in [6.07, 6.45) is 1.26. The Morgan fingerprint density at radius 2 is 2.05 bits per heavy atom. The SMILES string of the molecule is C=CC(=O)Nc1ccc(OC)cc1N(C)CCN(C)C. The molecule has 0 saturated heterocycles. The quantitative estimate of drug-likeness (QED) is 0.772. The minimum absolute atomic E-state index is 0.225. The predicted molar refractivity (Wildman–Crippen MR) is 83.6 cm³/mol. The molecule has 1 aromatic rings. The summed E-state index contributed by atoms with van der Waals surface area (Å²) in [5.74, 6) is 0.533. The van der Waals surface area contributed by atoms with Gasteiger partial charge in [0, 0.05) is 26.2 Å². The number of hydrogen-bond acceptors (Lipinski definition) is 4. The molecule has 1 amide bonds. The zero-order valence-electron chi connectivity index (χ0n) is 12.6. The standard InChI is InChI=1S/C15H23N3O2/c1-6-15(19)16-13-8-7-12(20-5)11-14(13)18(4)10-9-17(2)3/h6-8,11H,1,9-10H2,2-5H3,(H,16,19). The van der Waals surface area contributed by atoms with Crippen molar-refractivity contribution >= 4 is 17.3 Å². The van der Waals surface area contributed by atoms with Crippen LogP contribution in [0.4, 0.5) is 11.4 Å². The molecule has 0 atom stereocenters. The predicted octanol–water partition coefficient (Wildman–Crippen LogP) is 1.82. The normalized spacial score (nSPS) is 10.2. The van der Waals surface area contributed by atoms with Gasteiger partial charge in [0.15, 0.2) is 0 Å². The lowest BCUT2D eigenvalue weighted by atomic mass is 10.2. The van der Waals surface area contributed by atoms with Crippen LogP contribution in [-0.2, 0) is 4.79 Å². The Labute approximate surface area is 120 Å². The Morgan fingerprint density at radius 1 is 1.35 bits per heavy atom. The fourth-order valence-electron chi connectivity index (χ4n) is 1.71. The molecule has 0 unspecified atom stereocenters. The highest BCUT2D eigenvalue weighted by atomic mass is 16.5. The van der Waals surface area contributed by atoms with Crippen molar-refractivity contribution in [2.45, 2.75) is 0 Å². The molecule has 0 radical (unpaired) electrons. The highest BCUT2D eigenvalue weighted by Gasteiger charge is 2.11. The highest BCUT2D eigenvalue weighted by Crippen LogP contribution is 2.29. The third kappa shape index (κ3) is 4.59. The van der Waals surface area contributed by atoms with E-state index in [1.807, 2.05) is 39.3 Å². The van der Waals surface area contributed by atoms with Crippen LogP contribution in [0.1, 0.15) is 0 Å². The van der Waals surface area contributed by atoms with Crippen LogP contribution >= 0.6 is 0 Å². The smallest absolute Gasteiger partial charge is 0.247 e. The number of rotatable bonds is 7. The summed E-state index contributed by atoms with van der Waals surface area (Å²) < 4.78 is 5.25. The van der Waals surface area contributed by atoms with E-state index in [-0.39, 0.29) is 5.91 Å². The first-order valence-electron chi connectivity index (χ1n) is 6.45. The van der Waals surface area contributed by atoms with Gasteiger partial charge in [-0.05, 0) is 32.3 Å². The minimum Gasteiger partial charge on any atom is -0.497 e. The van der Waals surface area contributed by atoms with Gasteiger partial charge < -0.3 is 19.9 Å². The van der Waals surface area contributed by atoms with Crippen molar-refractivity contribution in [2.75, 3.05) is 51.6 Å². The Balaban J connectivity index is 2.98. The van der Waals surface area contributed by atoms with Gasteiger partial charge in [-0.2, -0.15) is 0 Å². The van der Waals surface area contributed by atoms with Crippen molar-refractivity contribution < 1.29 is 9.53 Å². The number of ether oxygens (including phenoxy) is 1. The monoisotopic (exact) mass is 277 g/mol. The molecule has 0 aliphatic carbocycles. The van der Waals surface area contributed by atoms with Gasteiger partial charge in [0.25, 0.3) is 0 Å². The van der Waals surface area contributed by atoms with Crippen LogP contribution in [0.3, 0.4) is 0 Å². The minimum atomic E-state index is -0.225. The van der Waals surface area contributed by atoms with Crippen LogP contribution in [0.15, 0.2) is 30.9 Å². The van der Waals surface area contributed by atoms with E-state index in [4.69, 9.17) is 4.74 Å². The summed E-state index contributed by atoms with van der Waals surface area (Å²) in [5, 5.41) is 2.81. The zero-order chi connectivity index (χ0) is 15.1. The molecule has 1 aromatic carbocycles. The van der Waals surface area contributed by atoms with E-state index in [9.17, 15) is 4.79 Å². The molecular weight excluding hydrogens is 254 g/mol. The molecule has 0 bridgehead atoms. The van der Waals surface area contributed by atoms with E-state index >= 15 is 0 Å². The number of benzene rings is 1. The lowest BCUT2D eigenvalue weighted by molar-refractivity contribution is -0.111. The lowest BCUT2D eigenvalue weighted by Gasteiger charge is -2.24. The molecule has 1 rings (SSSR count). The first kappa shape index (κ1) is 16.0. The van der Waals surface area contributed by atoms with E-state index in [0.717, 1.165) is 30.2 Å². The number of carbonyl (C=O) groups excluding carboxylic acids is 1. The van der Waals surface area contributed by atoms with E-state index in [0.29, 0.717) is 0 Å². The molecule has 0 aliphatic rings. The average Bonchev–Trinajstić information content (AvgIpc) is 2.44. The summed E-state index contributed by atoms with van der Waals surface area (Å²) in [7, 11) is 7.67. The maximum atomic E-state index is 11.5. The van der Waals surface area contributed by atoms with Crippen LogP contribution in [-0.4, -0.2) is 52.1 Å². The van der Waals surface area contributed by atoms with E-state index in [2.05, 4.69) is 21.7 Å². The second-order valence-electron chi connectivity index (χ2n) is 4.80. The summed E-state index contributed by atoms with van der Waals surface area (Å²) >= 11 is 0. The summed E-state index contributed by atoms with van der Waals surface area (Å²) in [6, 6.07) is 5.57. The average molecular weight is 277 g/mol. The maximum Gasteiger partial charge on any atom is 0.247 e.